The molecule has 0 saturated carbocycles. The molecule has 0 aromatic heterocycles. The molecule has 2 atom stereocenters. The molecule has 0 bridgehead atoms. The van der Waals surface area contributed by atoms with Crippen molar-refractivity contribution in [3.8, 4) is 0 Å². The first-order valence-corrected chi connectivity index (χ1v) is 3.51. The summed E-state index contributed by atoms with van der Waals surface area (Å²) >= 11 is 0. The summed E-state index contributed by atoms with van der Waals surface area (Å²) < 4.78 is 10.3. The summed E-state index contributed by atoms with van der Waals surface area (Å²) in [6.07, 6.45) is -1.20. The Bertz CT molecular complexity index is 175. The van der Waals surface area contributed by atoms with E-state index in [0.717, 1.165) is 0 Å². The molecule has 1 N–H and O–H groups in total. The van der Waals surface area contributed by atoms with E-state index in [1.54, 1.807) is 20.8 Å². The van der Waals surface area contributed by atoms with E-state index in [-0.39, 0.29) is 6.10 Å². The number of carbonyl (C=O) groups is 1. The van der Waals surface area contributed by atoms with Crippen molar-refractivity contribution in [2.45, 2.75) is 38.8 Å². The molecular formula is C7H12O4. The van der Waals surface area contributed by atoms with Gasteiger partial charge in [-0.05, 0) is 20.8 Å². The molecule has 0 radical (unpaired) electrons. The van der Waals surface area contributed by atoms with Crippen LogP contribution >= 0.6 is 0 Å². The first-order valence-electron chi connectivity index (χ1n) is 3.51. The second-order valence-electron chi connectivity index (χ2n) is 3.10. The van der Waals surface area contributed by atoms with Crippen LogP contribution in [-0.2, 0) is 14.3 Å². The minimum absolute atomic E-state index is 0.373. The van der Waals surface area contributed by atoms with E-state index in [1.165, 1.54) is 0 Å². The summed E-state index contributed by atoms with van der Waals surface area (Å²) in [5.74, 6) is -1.73. The summed E-state index contributed by atoms with van der Waals surface area (Å²) in [5.41, 5.74) is 0. The van der Waals surface area contributed by atoms with E-state index in [2.05, 4.69) is 0 Å². The first-order chi connectivity index (χ1) is 4.92. The minimum Gasteiger partial charge on any atom is -0.479 e. The summed E-state index contributed by atoms with van der Waals surface area (Å²) in [5, 5.41) is 8.61. The fourth-order valence-corrected chi connectivity index (χ4v) is 1.19. The van der Waals surface area contributed by atoms with Crippen molar-refractivity contribution in [2.75, 3.05) is 0 Å². The Morgan fingerprint density at radius 2 is 2.00 bits per heavy atom. The number of carboxylic acid groups (broad SMARTS) is 1. The smallest absolute Gasteiger partial charge is 0.335 e. The van der Waals surface area contributed by atoms with Crippen LogP contribution in [0.25, 0.3) is 0 Å². The lowest BCUT2D eigenvalue weighted by Gasteiger charge is -2.15. The predicted molar refractivity (Wildman–Crippen MR) is 37.1 cm³/mol. The van der Waals surface area contributed by atoms with Crippen molar-refractivity contribution >= 4 is 5.97 Å². The standard InChI is InChI=1S/C7H12O4/c1-4-5(6(8)9)11-7(2,3)10-4/h4-5H,1-3H3,(H,8,9)/t4-,5+/m1/s1. The molecule has 0 unspecified atom stereocenters. The molecule has 0 aromatic carbocycles. The number of carboxylic acids is 1. The third kappa shape index (κ3) is 1.70. The fourth-order valence-electron chi connectivity index (χ4n) is 1.19. The van der Waals surface area contributed by atoms with Gasteiger partial charge in [0, 0.05) is 0 Å². The Morgan fingerprint density at radius 3 is 2.18 bits per heavy atom. The van der Waals surface area contributed by atoms with E-state index in [4.69, 9.17) is 14.6 Å². The Kier molecular flexibility index (Phi) is 1.90. The Labute approximate surface area is 65.1 Å². The van der Waals surface area contributed by atoms with Crippen LogP contribution in [0.1, 0.15) is 20.8 Å². The normalized spacial score (nSPS) is 35.5. The number of aliphatic carboxylic acids is 1. The first kappa shape index (κ1) is 8.49. The molecule has 64 valence electrons. The molecule has 11 heavy (non-hydrogen) atoms. The van der Waals surface area contributed by atoms with Gasteiger partial charge in [-0.3, -0.25) is 0 Å². The molecule has 1 fully saturated rings. The fraction of sp³-hybridized carbons (Fsp3) is 0.857. The van der Waals surface area contributed by atoms with Crippen LogP contribution in [0, 0.1) is 0 Å². The van der Waals surface area contributed by atoms with Gasteiger partial charge in [-0.15, -0.1) is 0 Å². The largest absolute Gasteiger partial charge is 0.479 e. The lowest BCUT2D eigenvalue weighted by atomic mass is 10.2. The molecule has 0 aliphatic carbocycles. The van der Waals surface area contributed by atoms with Gasteiger partial charge in [-0.2, -0.15) is 0 Å². The maximum absolute atomic E-state index is 10.5. The number of hydrogen-bond acceptors (Lipinski definition) is 3. The molecule has 1 heterocycles. The number of hydrogen-bond donors (Lipinski definition) is 1. The van der Waals surface area contributed by atoms with Crippen LogP contribution in [0.4, 0.5) is 0 Å². The lowest BCUT2D eigenvalue weighted by molar-refractivity contribution is -0.165. The maximum Gasteiger partial charge on any atom is 0.335 e. The second-order valence-corrected chi connectivity index (χ2v) is 3.10. The van der Waals surface area contributed by atoms with Crippen LogP contribution in [0.2, 0.25) is 0 Å². The molecule has 1 aliphatic heterocycles. The van der Waals surface area contributed by atoms with Crippen molar-refractivity contribution in [1.82, 2.24) is 0 Å². The van der Waals surface area contributed by atoms with E-state index in [9.17, 15) is 4.79 Å². The van der Waals surface area contributed by atoms with E-state index in [1.807, 2.05) is 0 Å². The van der Waals surface area contributed by atoms with Gasteiger partial charge in [-0.25, -0.2) is 4.79 Å². The molecule has 0 amide bonds. The zero-order valence-electron chi connectivity index (χ0n) is 6.83. The highest BCUT2D eigenvalue weighted by molar-refractivity contribution is 5.73. The highest BCUT2D eigenvalue weighted by atomic mass is 16.8. The van der Waals surface area contributed by atoms with Crippen molar-refractivity contribution < 1.29 is 19.4 Å². The van der Waals surface area contributed by atoms with Crippen LogP contribution in [0.3, 0.4) is 0 Å². The van der Waals surface area contributed by atoms with E-state index >= 15 is 0 Å². The SMILES string of the molecule is C[C@H]1OC(C)(C)O[C@@H]1C(=O)O. The number of ether oxygens (including phenoxy) is 2. The minimum atomic E-state index is -0.969. The van der Waals surface area contributed by atoms with Gasteiger partial charge in [0.15, 0.2) is 11.9 Å². The summed E-state index contributed by atoms with van der Waals surface area (Å²) in [6, 6.07) is 0. The van der Waals surface area contributed by atoms with Gasteiger partial charge >= 0.3 is 5.97 Å². The van der Waals surface area contributed by atoms with Gasteiger partial charge < -0.3 is 14.6 Å². The zero-order chi connectivity index (χ0) is 8.65. The molecule has 1 saturated heterocycles. The highest BCUT2D eigenvalue weighted by Crippen LogP contribution is 2.27. The zero-order valence-corrected chi connectivity index (χ0v) is 6.83. The van der Waals surface area contributed by atoms with Gasteiger partial charge in [0.1, 0.15) is 0 Å². The molecule has 1 aliphatic rings. The highest BCUT2D eigenvalue weighted by Gasteiger charge is 2.42. The monoisotopic (exact) mass is 160 g/mol. The number of rotatable bonds is 1. The lowest BCUT2D eigenvalue weighted by Crippen LogP contribution is -2.29. The summed E-state index contributed by atoms with van der Waals surface area (Å²) in [6.45, 7) is 5.09. The predicted octanol–water partition coefficient (Wildman–Crippen LogP) is 0.611. The van der Waals surface area contributed by atoms with Crippen LogP contribution in [0.5, 0.6) is 0 Å². The third-order valence-corrected chi connectivity index (χ3v) is 1.55. The van der Waals surface area contributed by atoms with Crippen molar-refractivity contribution in [3.63, 3.8) is 0 Å². The topological polar surface area (TPSA) is 55.8 Å². The van der Waals surface area contributed by atoms with Gasteiger partial charge in [0.25, 0.3) is 0 Å². The molecule has 0 aromatic rings. The Balaban J connectivity index is 2.66. The third-order valence-electron chi connectivity index (χ3n) is 1.55. The van der Waals surface area contributed by atoms with E-state index < -0.39 is 17.9 Å². The van der Waals surface area contributed by atoms with Crippen LogP contribution < -0.4 is 0 Å². The van der Waals surface area contributed by atoms with Gasteiger partial charge in [0.05, 0.1) is 6.10 Å². The van der Waals surface area contributed by atoms with Crippen LogP contribution in [-0.4, -0.2) is 29.1 Å². The van der Waals surface area contributed by atoms with Crippen molar-refractivity contribution in [1.29, 1.82) is 0 Å². The summed E-state index contributed by atoms with van der Waals surface area (Å²) in [4.78, 5) is 10.5. The van der Waals surface area contributed by atoms with Crippen LogP contribution in [0.15, 0.2) is 0 Å². The molecular weight excluding hydrogens is 148 g/mol. The Morgan fingerprint density at radius 1 is 1.45 bits per heavy atom. The molecule has 4 heteroatoms. The maximum atomic E-state index is 10.5. The quantitative estimate of drug-likeness (QED) is 0.610. The molecule has 4 nitrogen and oxygen atoms in total. The average molecular weight is 160 g/mol. The Hall–Kier alpha value is -0.610. The second kappa shape index (κ2) is 2.46. The summed E-state index contributed by atoms with van der Waals surface area (Å²) in [7, 11) is 0. The van der Waals surface area contributed by atoms with E-state index in [0.29, 0.717) is 0 Å². The van der Waals surface area contributed by atoms with Gasteiger partial charge in [-0.1, -0.05) is 0 Å². The average Bonchev–Trinajstić information content (AvgIpc) is 2.05. The molecule has 0 spiro atoms. The van der Waals surface area contributed by atoms with Gasteiger partial charge in [0.2, 0.25) is 0 Å². The van der Waals surface area contributed by atoms with Crippen molar-refractivity contribution in [2.24, 2.45) is 0 Å². The molecule has 1 rings (SSSR count). The van der Waals surface area contributed by atoms with Crippen molar-refractivity contribution in [3.05, 3.63) is 0 Å².